The molecule has 1 aromatic carbocycles. The summed E-state index contributed by atoms with van der Waals surface area (Å²) in [5.41, 5.74) is 1.20. The summed E-state index contributed by atoms with van der Waals surface area (Å²) in [5, 5.41) is 0. The SMILES string of the molecule is C=CCc1ccccc1OCSC. The van der Waals surface area contributed by atoms with Gasteiger partial charge in [0.1, 0.15) is 11.7 Å². The second-order valence-corrected chi connectivity index (χ2v) is 3.46. The number of ether oxygens (including phenoxy) is 1. The standard InChI is InChI=1S/C11H14OS/c1-3-6-10-7-4-5-8-11(10)12-9-13-2/h3-5,7-8H,1,6,9H2,2H3. The molecule has 0 saturated carbocycles. The Morgan fingerprint density at radius 1 is 1.46 bits per heavy atom. The van der Waals surface area contributed by atoms with Crippen LogP contribution < -0.4 is 4.74 Å². The Hall–Kier alpha value is -0.890. The number of benzene rings is 1. The summed E-state index contributed by atoms with van der Waals surface area (Å²) in [6.45, 7) is 3.72. The van der Waals surface area contributed by atoms with E-state index >= 15 is 0 Å². The molecule has 0 aliphatic rings. The number of para-hydroxylation sites is 1. The van der Waals surface area contributed by atoms with Crippen molar-refractivity contribution in [3.05, 3.63) is 42.5 Å². The van der Waals surface area contributed by atoms with E-state index in [9.17, 15) is 0 Å². The van der Waals surface area contributed by atoms with E-state index in [0.29, 0.717) is 5.94 Å². The van der Waals surface area contributed by atoms with Crippen LogP contribution in [0.15, 0.2) is 36.9 Å². The zero-order valence-corrected chi connectivity index (χ0v) is 8.64. The Kier molecular flexibility index (Phi) is 4.47. The largest absolute Gasteiger partial charge is 0.483 e. The van der Waals surface area contributed by atoms with Crippen molar-refractivity contribution in [3.63, 3.8) is 0 Å². The van der Waals surface area contributed by atoms with Gasteiger partial charge in [0, 0.05) is 0 Å². The van der Waals surface area contributed by atoms with E-state index in [-0.39, 0.29) is 0 Å². The smallest absolute Gasteiger partial charge is 0.133 e. The van der Waals surface area contributed by atoms with Crippen molar-refractivity contribution >= 4 is 11.8 Å². The fraction of sp³-hybridized carbons (Fsp3) is 0.273. The third-order valence-corrected chi connectivity index (χ3v) is 2.02. The van der Waals surface area contributed by atoms with Crippen molar-refractivity contribution in [2.45, 2.75) is 6.42 Å². The van der Waals surface area contributed by atoms with Gasteiger partial charge in [0.2, 0.25) is 0 Å². The summed E-state index contributed by atoms with van der Waals surface area (Å²) in [5.74, 6) is 1.67. The van der Waals surface area contributed by atoms with Crippen LogP contribution in [-0.2, 0) is 6.42 Å². The summed E-state index contributed by atoms with van der Waals surface area (Å²) < 4.78 is 5.55. The number of hydrogen-bond donors (Lipinski definition) is 0. The van der Waals surface area contributed by atoms with Crippen LogP contribution in [0, 0.1) is 0 Å². The minimum atomic E-state index is 0.703. The molecule has 1 nitrogen and oxygen atoms in total. The van der Waals surface area contributed by atoms with Crippen LogP contribution in [0.25, 0.3) is 0 Å². The Morgan fingerprint density at radius 3 is 2.92 bits per heavy atom. The van der Waals surface area contributed by atoms with Crippen molar-refractivity contribution < 1.29 is 4.74 Å². The van der Waals surface area contributed by atoms with Crippen molar-refractivity contribution in [1.29, 1.82) is 0 Å². The minimum Gasteiger partial charge on any atom is -0.483 e. The van der Waals surface area contributed by atoms with E-state index in [0.717, 1.165) is 12.2 Å². The van der Waals surface area contributed by atoms with Crippen molar-refractivity contribution in [2.75, 3.05) is 12.2 Å². The molecule has 13 heavy (non-hydrogen) atoms. The molecule has 0 fully saturated rings. The molecule has 0 bridgehead atoms. The first-order valence-electron chi connectivity index (χ1n) is 4.19. The molecule has 1 aromatic rings. The van der Waals surface area contributed by atoms with E-state index in [1.165, 1.54) is 5.56 Å². The highest BCUT2D eigenvalue weighted by Crippen LogP contribution is 2.19. The lowest BCUT2D eigenvalue weighted by atomic mass is 10.1. The average molecular weight is 194 g/mol. The van der Waals surface area contributed by atoms with E-state index in [4.69, 9.17) is 4.74 Å². The monoisotopic (exact) mass is 194 g/mol. The number of hydrogen-bond acceptors (Lipinski definition) is 2. The molecule has 0 N–H and O–H groups in total. The Morgan fingerprint density at radius 2 is 2.23 bits per heavy atom. The average Bonchev–Trinajstić information content (AvgIpc) is 2.17. The predicted octanol–water partition coefficient (Wildman–Crippen LogP) is 3.11. The van der Waals surface area contributed by atoms with Gasteiger partial charge in [-0.3, -0.25) is 0 Å². The second-order valence-electron chi connectivity index (χ2n) is 2.65. The van der Waals surface area contributed by atoms with Crippen LogP contribution >= 0.6 is 11.8 Å². The maximum atomic E-state index is 5.55. The summed E-state index contributed by atoms with van der Waals surface area (Å²) in [6, 6.07) is 8.07. The van der Waals surface area contributed by atoms with Gasteiger partial charge in [0.15, 0.2) is 0 Å². The molecule has 0 spiro atoms. The zero-order valence-electron chi connectivity index (χ0n) is 7.82. The van der Waals surface area contributed by atoms with Crippen LogP contribution in [-0.4, -0.2) is 12.2 Å². The first kappa shape index (κ1) is 10.2. The molecular formula is C11H14OS. The van der Waals surface area contributed by atoms with Gasteiger partial charge in [-0.25, -0.2) is 0 Å². The molecule has 0 atom stereocenters. The van der Waals surface area contributed by atoms with Crippen LogP contribution in [0.1, 0.15) is 5.56 Å². The molecular weight excluding hydrogens is 180 g/mol. The summed E-state index contributed by atoms with van der Waals surface area (Å²) >= 11 is 1.68. The Bertz CT molecular complexity index is 271. The minimum absolute atomic E-state index is 0.703. The Labute approximate surface area is 83.8 Å². The maximum Gasteiger partial charge on any atom is 0.133 e. The van der Waals surface area contributed by atoms with E-state index in [1.54, 1.807) is 11.8 Å². The number of thioether (sulfide) groups is 1. The molecule has 0 radical (unpaired) electrons. The fourth-order valence-electron chi connectivity index (χ4n) is 1.09. The summed E-state index contributed by atoms with van der Waals surface area (Å²) in [7, 11) is 0. The number of rotatable bonds is 5. The Balaban J connectivity index is 2.71. The molecule has 0 aliphatic heterocycles. The number of allylic oxidation sites excluding steroid dienone is 1. The molecule has 0 heterocycles. The summed E-state index contributed by atoms with van der Waals surface area (Å²) in [6.07, 6.45) is 4.78. The molecule has 2 heteroatoms. The molecule has 1 rings (SSSR count). The quantitative estimate of drug-likeness (QED) is 0.526. The third kappa shape index (κ3) is 3.15. The highest BCUT2D eigenvalue weighted by Gasteiger charge is 1.99. The van der Waals surface area contributed by atoms with Gasteiger partial charge in [-0.2, -0.15) is 0 Å². The molecule has 0 unspecified atom stereocenters. The molecule has 0 saturated heterocycles. The van der Waals surface area contributed by atoms with Gasteiger partial charge in [0.05, 0.1) is 0 Å². The van der Waals surface area contributed by atoms with Gasteiger partial charge in [-0.1, -0.05) is 24.3 Å². The van der Waals surface area contributed by atoms with Crippen molar-refractivity contribution in [2.24, 2.45) is 0 Å². The maximum absolute atomic E-state index is 5.55. The van der Waals surface area contributed by atoms with Gasteiger partial charge >= 0.3 is 0 Å². The first-order valence-corrected chi connectivity index (χ1v) is 5.58. The second kappa shape index (κ2) is 5.70. The normalized spacial score (nSPS) is 9.62. The van der Waals surface area contributed by atoms with Crippen LogP contribution in [0.4, 0.5) is 0 Å². The van der Waals surface area contributed by atoms with Crippen LogP contribution in [0.3, 0.4) is 0 Å². The van der Waals surface area contributed by atoms with E-state index in [1.807, 2.05) is 30.5 Å². The van der Waals surface area contributed by atoms with Gasteiger partial charge in [-0.05, 0) is 24.3 Å². The van der Waals surface area contributed by atoms with Crippen molar-refractivity contribution in [1.82, 2.24) is 0 Å². The van der Waals surface area contributed by atoms with E-state index < -0.39 is 0 Å². The molecule has 0 amide bonds. The molecule has 0 aromatic heterocycles. The third-order valence-electron chi connectivity index (χ3n) is 1.67. The highest BCUT2D eigenvalue weighted by atomic mass is 32.2. The highest BCUT2D eigenvalue weighted by molar-refractivity contribution is 7.98. The van der Waals surface area contributed by atoms with Gasteiger partial charge in [-0.15, -0.1) is 18.3 Å². The van der Waals surface area contributed by atoms with Gasteiger partial charge < -0.3 is 4.74 Å². The predicted molar refractivity (Wildman–Crippen MR) is 59.4 cm³/mol. The van der Waals surface area contributed by atoms with Crippen LogP contribution in [0.5, 0.6) is 5.75 Å². The first-order chi connectivity index (χ1) is 6.38. The van der Waals surface area contributed by atoms with E-state index in [2.05, 4.69) is 12.6 Å². The lowest BCUT2D eigenvalue weighted by Gasteiger charge is -2.08. The fourth-order valence-corrected chi connectivity index (χ4v) is 1.34. The molecule has 70 valence electrons. The topological polar surface area (TPSA) is 9.23 Å². The summed E-state index contributed by atoms with van der Waals surface area (Å²) in [4.78, 5) is 0. The lowest BCUT2D eigenvalue weighted by Crippen LogP contribution is -1.95. The van der Waals surface area contributed by atoms with Crippen molar-refractivity contribution in [3.8, 4) is 5.75 Å². The lowest BCUT2D eigenvalue weighted by molar-refractivity contribution is 0.389. The van der Waals surface area contributed by atoms with Crippen LogP contribution in [0.2, 0.25) is 0 Å². The zero-order chi connectivity index (χ0) is 9.52. The van der Waals surface area contributed by atoms with Gasteiger partial charge in [0.25, 0.3) is 0 Å². The molecule has 0 aliphatic carbocycles.